The van der Waals surface area contributed by atoms with Crippen LogP contribution in [0.1, 0.15) is 46.9 Å². The number of alkyl halides is 3. The Hall–Kier alpha value is -4.00. The van der Waals surface area contributed by atoms with E-state index in [1.165, 1.54) is 30.4 Å². The SMILES string of the molecule is CC(=O)N1CC(n2cnc3cnc(C(=O)N[C@H](C)c4cnc(Nc5ccc(C(F)(F)F)cc5)s4)cc32)C1. The molecule has 1 fully saturated rings. The molecule has 2 amide bonds. The summed E-state index contributed by atoms with van der Waals surface area (Å²) in [6.45, 7) is 4.53. The number of halogens is 3. The Labute approximate surface area is 213 Å². The Bertz CT molecular complexity index is 1460. The number of amides is 2. The standard InChI is InChI=1S/C24H22F3N7O2S/c1-13(21-9-29-23(37-21)32-16-5-3-15(4-6-16)24(25,26)27)31-22(36)18-7-20-19(8-28-18)30-12-34(20)17-10-33(11-17)14(2)35/h3-9,12-13,17H,10-11H2,1-2H3,(H,29,32)(H,31,36)/t13-/m1/s1. The van der Waals surface area contributed by atoms with Crippen molar-refractivity contribution in [2.24, 2.45) is 0 Å². The van der Waals surface area contributed by atoms with E-state index in [-0.39, 0.29) is 29.6 Å². The summed E-state index contributed by atoms with van der Waals surface area (Å²) in [4.78, 5) is 39.8. The molecule has 0 radical (unpaired) electrons. The number of nitrogens with one attached hydrogen (secondary N) is 2. The Morgan fingerprint density at radius 3 is 2.51 bits per heavy atom. The van der Waals surface area contributed by atoms with Gasteiger partial charge in [0.25, 0.3) is 5.91 Å². The molecule has 0 saturated carbocycles. The molecular weight excluding hydrogens is 507 g/mol. The summed E-state index contributed by atoms with van der Waals surface area (Å²) in [5.41, 5.74) is 1.40. The molecule has 4 heterocycles. The zero-order valence-electron chi connectivity index (χ0n) is 19.8. The summed E-state index contributed by atoms with van der Waals surface area (Å²) in [7, 11) is 0. The molecular formula is C24H22F3N7O2S. The van der Waals surface area contributed by atoms with Crippen molar-refractivity contribution < 1.29 is 22.8 Å². The third-order valence-electron chi connectivity index (χ3n) is 6.16. The topological polar surface area (TPSA) is 105 Å². The second kappa shape index (κ2) is 9.47. The van der Waals surface area contributed by atoms with Crippen LogP contribution < -0.4 is 10.6 Å². The van der Waals surface area contributed by atoms with Gasteiger partial charge in [-0.05, 0) is 37.3 Å². The van der Waals surface area contributed by atoms with Crippen LogP contribution >= 0.6 is 11.3 Å². The number of pyridine rings is 1. The molecule has 1 atom stereocenters. The van der Waals surface area contributed by atoms with E-state index < -0.39 is 11.7 Å². The summed E-state index contributed by atoms with van der Waals surface area (Å²) >= 11 is 1.28. The first-order valence-corrected chi connectivity index (χ1v) is 12.2. The van der Waals surface area contributed by atoms with Crippen molar-refractivity contribution in [1.82, 2.24) is 29.7 Å². The van der Waals surface area contributed by atoms with Gasteiger partial charge in [-0.15, -0.1) is 0 Å². The molecule has 1 aliphatic rings. The smallest absolute Gasteiger partial charge is 0.343 e. The van der Waals surface area contributed by atoms with E-state index >= 15 is 0 Å². The molecule has 0 bridgehead atoms. The molecule has 4 aromatic rings. The Kier molecular flexibility index (Phi) is 6.31. The molecule has 1 aromatic carbocycles. The van der Waals surface area contributed by atoms with Crippen LogP contribution in [0.25, 0.3) is 11.0 Å². The molecule has 1 aliphatic heterocycles. The summed E-state index contributed by atoms with van der Waals surface area (Å²) in [6.07, 6.45) is 0.450. The minimum Gasteiger partial charge on any atom is -0.343 e. The van der Waals surface area contributed by atoms with Gasteiger partial charge in [0, 0.05) is 36.8 Å². The average Bonchev–Trinajstić information content (AvgIpc) is 3.45. The summed E-state index contributed by atoms with van der Waals surface area (Å²) < 4.78 is 40.2. The van der Waals surface area contributed by atoms with Crippen LogP contribution in [0.15, 0.2) is 49.1 Å². The zero-order valence-corrected chi connectivity index (χ0v) is 20.6. The van der Waals surface area contributed by atoms with Gasteiger partial charge < -0.3 is 20.1 Å². The summed E-state index contributed by atoms with van der Waals surface area (Å²) in [6, 6.07) is 6.07. The Morgan fingerprint density at radius 2 is 1.84 bits per heavy atom. The van der Waals surface area contributed by atoms with E-state index in [9.17, 15) is 22.8 Å². The second-order valence-corrected chi connectivity index (χ2v) is 9.81. The molecule has 0 unspecified atom stereocenters. The van der Waals surface area contributed by atoms with Gasteiger partial charge in [0.1, 0.15) is 11.2 Å². The number of benzene rings is 1. The van der Waals surface area contributed by atoms with Crippen molar-refractivity contribution in [3.63, 3.8) is 0 Å². The maximum absolute atomic E-state index is 12.9. The van der Waals surface area contributed by atoms with E-state index in [0.717, 1.165) is 22.5 Å². The quantitative estimate of drug-likeness (QED) is 0.380. The minimum absolute atomic E-state index is 0.0252. The lowest BCUT2D eigenvalue weighted by Crippen LogP contribution is -2.49. The molecule has 0 aliphatic carbocycles. The molecule has 2 N–H and O–H groups in total. The second-order valence-electron chi connectivity index (χ2n) is 8.75. The van der Waals surface area contributed by atoms with Crippen LogP contribution in [0, 0.1) is 0 Å². The fraction of sp³-hybridized carbons (Fsp3) is 0.292. The highest BCUT2D eigenvalue weighted by atomic mass is 32.1. The molecule has 3 aromatic heterocycles. The third-order valence-corrected chi connectivity index (χ3v) is 7.25. The molecule has 5 rings (SSSR count). The normalized spacial score (nSPS) is 14.9. The maximum atomic E-state index is 12.9. The first-order valence-electron chi connectivity index (χ1n) is 11.4. The highest BCUT2D eigenvalue weighted by Gasteiger charge is 2.31. The van der Waals surface area contributed by atoms with E-state index in [1.54, 1.807) is 36.6 Å². The Balaban J connectivity index is 1.24. The van der Waals surface area contributed by atoms with Gasteiger partial charge in [-0.25, -0.2) is 15.0 Å². The van der Waals surface area contributed by atoms with Crippen molar-refractivity contribution in [2.45, 2.75) is 32.1 Å². The number of likely N-dealkylation sites (tertiary alicyclic amines) is 1. The number of anilines is 2. The van der Waals surface area contributed by atoms with Gasteiger partial charge in [-0.2, -0.15) is 13.2 Å². The van der Waals surface area contributed by atoms with E-state index in [1.807, 2.05) is 4.57 Å². The number of aromatic nitrogens is 4. The average molecular weight is 530 g/mol. The lowest BCUT2D eigenvalue weighted by atomic mass is 10.1. The molecule has 0 spiro atoms. The highest BCUT2D eigenvalue weighted by Crippen LogP contribution is 2.32. The van der Waals surface area contributed by atoms with Gasteiger partial charge in [-0.1, -0.05) is 11.3 Å². The van der Waals surface area contributed by atoms with E-state index in [2.05, 4.69) is 25.6 Å². The fourth-order valence-corrected chi connectivity index (χ4v) is 4.82. The van der Waals surface area contributed by atoms with E-state index in [4.69, 9.17) is 0 Å². The van der Waals surface area contributed by atoms with Crippen molar-refractivity contribution >= 4 is 45.0 Å². The van der Waals surface area contributed by atoms with Crippen molar-refractivity contribution in [3.8, 4) is 0 Å². The fourth-order valence-electron chi connectivity index (χ4n) is 3.99. The first-order chi connectivity index (χ1) is 17.6. The molecule has 1 saturated heterocycles. The van der Waals surface area contributed by atoms with Crippen LogP contribution in [0.2, 0.25) is 0 Å². The van der Waals surface area contributed by atoms with Gasteiger partial charge in [0.2, 0.25) is 5.91 Å². The molecule has 13 heteroatoms. The number of fused-ring (bicyclic) bond motifs is 1. The maximum Gasteiger partial charge on any atom is 0.416 e. The number of thiazole rings is 1. The number of imidazole rings is 1. The van der Waals surface area contributed by atoms with Crippen LogP contribution in [0.4, 0.5) is 24.0 Å². The van der Waals surface area contributed by atoms with Gasteiger partial charge in [0.05, 0.1) is 35.7 Å². The van der Waals surface area contributed by atoms with Gasteiger partial charge in [-0.3, -0.25) is 9.59 Å². The number of hydrogen-bond donors (Lipinski definition) is 2. The van der Waals surface area contributed by atoms with Gasteiger partial charge in [0.15, 0.2) is 5.13 Å². The number of rotatable bonds is 6. The predicted molar refractivity (Wildman–Crippen MR) is 132 cm³/mol. The predicted octanol–water partition coefficient (Wildman–Crippen LogP) is 4.54. The molecule has 9 nitrogen and oxygen atoms in total. The number of carbonyl (C=O) groups excluding carboxylic acids is 2. The van der Waals surface area contributed by atoms with Crippen molar-refractivity contribution in [3.05, 3.63) is 65.2 Å². The van der Waals surface area contributed by atoms with Crippen LogP contribution in [-0.4, -0.2) is 49.3 Å². The number of carbonyl (C=O) groups is 2. The van der Waals surface area contributed by atoms with Crippen LogP contribution in [0.3, 0.4) is 0 Å². The zero-order chi connectivity index (χ0) is 26.3. The van der Waals surface area contributed by atoms with Gasteiger partial charge >= 0.3 is 6.18 Å². The monoisotopic (exact) mass is 529 g/mol. The first kappa shape index (κ1) is 24.7. The molecule has 192 valence electrons. The lowest BCUT2D eigenvalue weighted by molar-refractivity contribution is -0.137. The number of nitrogens with zero attached hydrogens (tertiary/aromatic N) is 5. The van der Waals surface area contributed by atoms with Crippen LogP contribution in [0.5, 0.6) is 0 Å². The number of hydrogen-bond acceptors (Lipinski definition) is 7. The van der Waals surface area contributed by atoms with Crippen LogP contribution in [-0.2, 0) is 11.0 Å². The van der Waals surface area contributed by atoms with Crippen molar-refractivity contribution in [1.29, 1.82) is 0 Å². The summed E-state index contributed by atoms with van der Waals surface area (Å²) in [5, 5.41) is 6.37. The van der Waals surface area contributed by atoms with Crippen molar-refractivity contribution in [2.75, 3.05) is 18.4 Å². The third kappa shape index (κ3) is 5.12. The van der Waals surface area contributed by atoms with E-state index in [0.29, 0.717) is 29.4 Å². The Morgan fingerprint density at radius 1 is 1.11 bits per heavy atom. The lowest BCUT2D eigenvalue weighted by Gasteiger charge is -2.39. The largest absolute Gasteiger partial charge is 0.416 e. The minimum atomic E-state index is -4.40. The molecule has 37 heavy (non-hydrogen) atoms. The highest BCUT2D eigenvalue weighted by molar-refractivity contribution is 7.15. The summed E-state index contributed by atoms with van der Waals surface area (Å²) in [5.74, 6) is -0.344.